The zero-order valence-corrected chi connectivity index (χ0v) is 8.33. The maximum absolute atomic E-state index is 8.77. The average molecular weight is 181 g/mol. The summed E-state index contributed by atoms with van der Waals surface area (Å²) >= 11 is 0. The van der Waals surface area contributed by atoms with Crippen LogP contribution < -0.4 is 0 Å². The van der Waals surface area contributed by atoms with Gasteiger partial charge in [-0.2, -0.15) is 5.26 Å². The summed E-state index contributed by atoms with van der Waals surface area (Å²) in [4.78, 5) is 0. The van der Waals surface area contributed by atoms with Crippen molar-refractivity contribution in [2.24, 2.45) is 0 Å². The van der Waals surface area contributed by atoms with Crippen LogP contribution >= 0.6 is 0 Å². The van der Waals surface area contributed by atoms with E-state index < -0.39 is 0 Å². The van der Waals surface area contributed by atoms with E-state index in [-0.39, 0.29) is 0 Å². The van der Waals surface area contributed by atoms with Gasteiger partial charge in [0.1, 0.15) is 0 Å². The van der Waals surface area contributed by atoms with Crippen LogP contribution in [0, 0.1) is 25.2 Å². The first kappa shape index (κ1) is 8.77. The fourth-order valence-electron chi connectivity index (χ4n) is 1.59. The molecule has 68 valence electrons. The molecule has 0 aliphatic rings. The lowest BCUT2D eigenvalue weighted by atomic mass is 10.0. The normalized spacial score (nSPS) is 10.1. The van der Waals surface area contributed by atoms with Crippen molar-refractivity contribution in [3.63, 3.8) is 0 Å². The average Bonchev–Trinajstić information content (AvgIpc) is 2.19. The lowest BCUT2D eigenvalue weighted by molar-refractivity contribution is 1.36. The Balaban J connectivity index is 2.78. The highest BCUT2D eigenvalue weighted by Crippen LogP contribution is 2.20. The molecule has 0 atom stereocenters. The van der Waals surface area contributed by atoms with Crippen LogP contribution in [-0.2, 0) is 0 Å². The van der Waals surface area contributed by atoms with E-state index in [0.29, 0.717) is 0 Å². The Morgan fingerprint density at radius 2 is 1.57 bits per heavy atom. The summed E-state index contributed by atoms with van der Waals surface area (Å²) in [6.45, 7) is 4.20. The first-order valence-electron chi connectivity index (χ1n) is 4.62. The summed E-state index contributed by atoms with van der Waals surface area (Å²) in [6, 6.07) is 12.2. The minimum atomic E-state index is 0.723. The molecule has 2 rings (SSSR count). The van der Waals surface area contributed by atoms with Crippen molar-refractivity contribution < 1.29 is 0 Å². The van der Waals surface area contributed by atoms with Crippen molar-refractivity contribution in [1.82, 2.24) is 0 Å². The second-order valence-electron chi connectivity index (χ2n) is 3.61. The number of nitriles is 1. The minimum Gasteiger partial charge on any atom is -0.192 e. The Labute approximate surface area is 83.6 Å². The van der Waals surface area contributed by atoms with Gasteiger partial charge in [0.25, 0.3) is 0 Å². The molecule has 0 spiro atoms. The molecule has 1 heteroatoms. The smallest absolute Gasteiger partial charge is 0.0991 e. The number of hydrogen-bond donors (Lipinski definition) is 0. The Hall–Kier alpha value is -1.81. The molecule has 0 amide bonds. The molecular formula is C13H11N. The summed E-state index contributed by atoms with van der Waals surface area (Å²) in [5, 5.41) is 11.1. The fourth-order valence-corrected chi connectivity index (χ4v) is 1.59. The minimum absolute atomic E-state index is 0.723. The van der Waals surface area contributed by atoms with Gasteiger partial charge in [0.15, 0.2) is 0 Å². The number of benzene rings is 2. The highest BCUT2D eigenvalue weighted by Gasteiger charge is 1.98. The van der Waals surface area contributed by atoms with Crippen molar-refractivity contribution in [1.29, 1.82) is 5.26 Å². The molecule has 0 heterocycles. The first-order chi connectivity index (χ1) is 6.70. The van der Waals surface area contributed by atoms with Gasteiger partial charge in [0.2, 0.25) is 0 Å². The lowest BCUT2D eigenvalue weighted by Gasteiger charge is -2.03. The van der Waals surface area contributed by atoms with Gasteiger partial charge in [0.05, 0.1) is 11.6 Å². The van der Waals surface area contributed by atoms with Crippen molar-refractivity contribution >= 4 is 10.8 Å². The SMILES string of the molecule is Cc1cc2ccc(C#N)cc2cc1C. The predicted octanol–water partition coefficient (Wildman–Crippen LogP) is 3.33. The molecule has 0 radical (unpaired) electrons. The van der Waals surface area contributed by atoms with Gasteiger partial charge in [-0.3, -0.25) is 0 Å². The van der Waals surface area contributed by atoms with Crippen LogP contribution in [0.1, 0.15) is 16.7 Å². The molecule has 0 bridgehead atoms. The Kier molecular flexibility index (Phi) is 1.98. The zero-order valence-electron chi connectivity index (χ0n) is 8.33. The maximum atomic E-state index is 8.77. The molecule has 2 aromatic carbocycles. The molecule has 2 aromatic rings. The number of hydrogen-bond acceptors (Lipinski definition) is 1. The van der Waals surface area contributed by atoms with E-state index >= 15 is 0 Å². The van der Waals surface area contributed by atoms with E-state index in [2.05, 4.69) is 32.0 Å². The van der Waals surface area contributed by atoms with Crippen LogP contribution in [-0.4, -0.2) is 0 Å². The topological polar surface area (TPSA) is 23.8 Å². The van der Waals surface area contributed by atoms with Crippen LogP contribution in [0.3, 0.4) is 0 Å². The summed E-state index contributed by atoms with van der Waals surface area (Å²) in [5.41, 5.74) is 3.29. The Morgan fingerprint density at radius 1 is 0.929 bits per heavy atom. The molecule has 0 saturated heterocycles. The molecule has 0 aliphatic heterocycles. The van der Waals surface area contributed by atoms with Crippen LogP contribution in [0.2, 0.25) is 0 Å². The van der Waals surface area contributed by atoms with E-state index in [9.17, 15) is 0 Å². The second-order valence-corrected chi connectivity index (χ2v) is 3.61. The van der Waals surface area contributed by atoms with Crippen LogP contribution in [0.4, 0.5) is 0 Å². The number of fused-ring (bicyclic) bond motifs is 1. The Bertz CT molecular complexity index is 533. The third-order valence-electron chi connectivity index (χ3n) is 2.58. The van der Waals surface area contributed by atoms with Crippen molar-refractivity contribution in [2.45, 2.75) is 13.8 Å². The van der Waals surface area contributed by atoms with Gasteiger partial charge in [0, 0.05) is 0 Å². The highest BCUT2D eigenvalue weighted by molar-refractivity contribution is 5.85. The number of aryl methyl sites for hydroxylation is 2. The van der Waals surface area contributed by atoms with Gasteiger partial charge in [-0.15, -0.1) is 0 Å². The molecule has 0 aliphatic carbocycles. The number of rotatable bonds is 0. The van der Waals surface area contributed by atoms with Crippen molar-refractivity contribution in [3.8, 4) is 6.07 Å². The molecule has 0 fully saturated rings. The van der Waals surface area contributed by atoms with Crippen LogP contribution in [0.15, 0.2) is 30.3 Å². The highest BCUT2D eigenvalue weighted by atomic mass is 14.2. The fraction of sp³-hybridized carbons (Fsp3) is 0.154. The van der Waals surface area contributed by atoms with Gasteiger partial charge < -0.3 is 0 Å². The summed E-state index contributed by atoms with van der Waals surface area (Å²) in [6.07, 6.45) is 0. The molecular weight excluding hydrogens is 170 g/mol. The van der Waals surface area contributed by atoms with Crippen molar-refractivity contribution in [2.75, 3.05) is 0 Å². The summed E-state index contributed by atoms with van der Waals surface area (Å²) < 4.78 is 0. The van der Waals surface area contributed by atoms with E-state index in [1.807, 2.05) is 18.2 Å². The molecule has 0 aromatic heterocycles. The van der Waals surface area contributed by atoms with Gasteiger partial charge in [-0.1, -0.05) is 18.2 Å². The summed E-state index contributed by atoms with van der Waals surface area (Å²) in [7, 11) is 0. The van der Waals surface area contributed by atoms with E-state index in [0.717, 1.165) is 10.9 Å². The van der Waals surface area contributed by atoms with Gasteiger partial charge in [-0.25, -0.2) is 0 Å². The molecule has 14 heavy (non-hydrogen) atoms. The van der Waals surface area contributed by atoms with Crippen molar-refractivity contribution in [3.05, 3.63) is 47.0 Å². The molecule has 1 nitrogen and oxygen atoms in total. The third kappa shape index (κ3) is 1.36. The van der Waals surface area contributed by atoms with Crippen LogP contribution in [0.5, 0.6) is 0 Å². The molecule has 0 unspecified atom stereocenters. The number of nitrogens with zero attached hydrogens (tertiary/aromatic N) is 1. The van der Waals surface area contributed by atoms with Gasteiger partial charge >= 0.3 is 0 Å². The maximum Gasteiger partial charge on any atom is 0.0991 e. The molecule has 0 N–H and O–H groups in total. The lowest BCUT2D eigenvalue weighted by Crippen LogP contribution is -1.83. The van der Waals surface area contributed by atoms with E-state index in [1.54, 1.807) is 0 Å². The van der Waals surface area contributed by atoms with Gasteiger partial charge in [-0.05, 0) is 47.9 Å². The quantitative estimate of drug-likeness (QED) is 0.611. The zero-order chi connectivity index (χ0) is 10.1. The Morgan fingerprint density at radius 3 is 2.21 bits per heavy atom. The largest absolute Gasteiger partial charge is 0.192 e. The second kappa shape index (κ2) is 3.16. The van der Waals surface area contributed by atoms with E-state index in [4.69, 9.17) is 5.26 Å². The standard InChI is InChI=1S/C13H11N/c1-9-5-12-4-3-11(8-14)7-13(12)6-10(9)2/h3-7H,1-2H3. The molecule has 0 saturated carbocycles. The summed E-state index contributed by atoms with van der Waals surface area (Å²) in [5.74, 6) is 0. The third-order valence-corrected chi connectivity index (χ3v) is 2.58. The first-order valence-corrected chi connectivity index (χ1v) is 4.62. The monoisotopic (exact) mass is 181 g/mol. The van der Waals surface area contributed by atoms with E-state index in [1.165, 1.54) is 16.5 Å². The predicted molar refractivity (Wildman–Crippen MR) is 58.1 cm³/mol. The van der Waals surface area contributed by atoms with Crippen LogP contribution in [0.25, 0.3) is 10.8 Å².